The number of rotatable bonds is 5. The zero-order valence-electron chi connectivity index (χ0n) is 7.84. The first-order valence-electron chi connectivity index (χ1n) is 3.95. The molecule has 1 atom stereocenters. The number of carbonyl (C=O) groups excluding carboxylic acids is 1. The van der Waals surface area contributed by atoms with Crippen molar-refractivity contribution < 1.29 is 19.4 Å². The Balaban J connectivity index is 2.45. The van der Waals surface area contributed by atoms with Crippen molar-refractivity contribution in [3.8, 4) is 0 Å². The van der Waals surface area contributed by atoms with Crippen molar-refractivity contribution in [3.05, 3.63) is 11.9 Å². The molecule has 82 valence electrons. The van der Waals surface area contributed by atoms with Gasteiger partial charge in [0.15, 0.2) is 0 Å². The van der Waals surface area contributed by atoms with Crippen LogP contribution in [0.25, 0.3) is 0 Å². The summed E-state index contributed by atoms with van der Waals surface area (Å²) in [5.74, 6) is -1.72. The number of carbonyl (C=O) groups is 2. The number of aliphatic carboxylic acids is 1. The zero-order chi connectivity index (χ0) is 11.3. The van der Waals surface area contributed by atoms with E-state index in [4.69, 9.17) is 5.11 Å². The van der Waals surface area contributed by atoms with Crippen LogP contribution in [-0.4, -0.2) is 39.1 Å². The average molecular weight is 231 g/mol. The third kappa shape index (κ3) is 3.60. The van der Waals surface area contributed by atoms with Crippen LogP contribution in [0, 0.1) is 0 Å². The molecule has 1 aromatic rings. The lowest BCUT2D eigenvalue weighted by Gasteiger charge is -2.11. The molecule has 8 heteroatoms. The second-order valence-electron chi connectivity index (χ2n) is 2.60. The van der Waals surface area contributed by atoms with E-state index < -0.39 is 18.1 Å². The number of aromatic nitrogens is 2. The van der Waals surface area contributed by atoms with Crippen LogP contribution in [0.5, 0.6) is 0 Å². The van der Waals surface area contributed by atoms with Crippen LogP contribution in [0.15, 0.2) is 6.20 Å². The number of carboxylic acids is 1. The van der Waals surface area contributed by atoms with Crippen LogP contribution < -0.4 is 5.32 Å². The minimum absolute atomic E-state index is 0.0103. The number of hydrogen-bond donors (Lipinski definition) is 2. The second-order valence-corrected chi connectivity index (χ2v) is 3.15. The van der Waals surface area contributed by atoms with Gasteiger partial charge < -0.3 is 15.2 Å². The lowest BCUT2D eigenvalue weighted by molar-refractivity contribution is -0.153. The number of nitrogens with one attached hydrogen (secondary N) is 1. The number of nitrogens with zero attached hydrogens (tertiary/aromatic N) is 2. The molecule has 0 radical (unpaired) electrons. The Hall–Kier alpha value is -1.54. The summed E-state index contributed by atoms with van der Waals surface area (Å²) >= 11 is 0.985. The summed E-state index contributed by atoms with van der Waals surface area (Å²) in [6.07, 6.45) is 0.111. The molecular weight excluding hydrogens is 222 g/mol. The van der Waals surface area contributed by atoms with Crippen LogP contribution in [-0.2, 0) is 20.7 Å². The summed E-state index contributed by atoms with van der Waals surface area (Å²) in [5.41, 5.74) is 0.498. The van der Waals surface area contributed by atoms with Gasteiger partial charge >= 0.3 is 5.97 Å². The fraction of sp³-hybridized carbons (Fsp3) is 0.429. The van der Waals surface area contributed by atoms with Gasteiger partial charge in [0, 0.05) is 7.11 Å². The van der Waals surface area contributed by atoms with E-state index in [0.29, 0.717) is 5.69 Å². The van der Waals surface area contributed by atoms with Gasteiger partial charge in [-0.1, -0.05) is 0 Å². The van der Waals surface area contributed by atoms with E-state index in [0.717, 1.165) is 11.7 Å². The van der Waals surface area contributed by atoms with Gasteiger partial charge in [-0.25, -0.2) is 4.79 Å². The Labute approximate surface area is 89.4 Å². The molecule has 1 heterocycles. The molecule has 0 saturated heterocycles. The maximum atomic E-state index is 11.3. The molecule has 0 aliphatic rings. The predicted molar refractivity (Wildman–Crippen MR) is 50.2 cm³/mol. The highest BCUT2D eigenvalue weighted by Crippen LogP contribution is 1.96. The largest absolute Gasteiger partial charge is 0.478 e. The molecule has 1 aromatic heterocycles. The number of ether oxygens (including phenoxy) is 1. The molecule has 7 nitrogen and oxygen atoms in total. The van der Waals surface area contributed by atoms with Gasteiger partial charge in [-0.15, -0.1) is 0 Å². The highest BCUT2D eigenvalue weighted by Gasteiger charge is 2.19. The van der Waals surface area contributed by atoms with E-state index in [1.807, 2.05) is 0 Å². The topological polar surface area (TPSA) is 101 Å². The third-order valence-corrected chi connectivity index (χ3v) is 2.02. The van der Waals surface area contributed by atoms with Gasteiger partial charge in [-0.05, 0) is 0 Å². The average Bonchev–Trinajstić information content (AvgIpc) is 2.66. The molecule has 0 bridgehead atoms. The summed E-state index contributed by atoms with van der Waals surface area (Å²) < 4.78 is 12.1. The van der Waals surface area contributed by atoms with Gasteiger partial charge in [0.2, 0.25) is 12.1 Å². The van der Waals surface area contributed by atoms with Crippen molar-refractivity contribution in [2.45, 2.75) is 12.6 Å². The summed E-state index contributed by atoms with van der Waals surface area (Å²) in [6, 6.07) is 0. The Bertz CT molecular complexity index is 340. The first kappa shape index (κ1) is 11.5. The third-order valence-electron chi connectivity index (χ3n) is 1.50. The molecule has 0 aliphatic carbocycles. The van der Waals surface area contributed by atoms with E-state index in [-0.39, 0.29) is 6.42 Å². The monoisotopic (exact) mass is 231 g/mol. The van der Waals surface area contributed by atoms with E-state index >= 15 is 0 Å². The Morgan fingerprint density at radius 2 is 2.47 bits per heavy atom. The van der Waals surface area contributed by atoms with Crippen molar-refractivity contribution in [2.75, 3.05) is 7.11 Å². The molecule has 0 spiro atoms. The van der Waals surface area contributed by atoms with Crippen LogP contribution in [0.4, 0.5) is 0 Å². The van der Waals surface area contributed by atoms with Crippen molar-refractivity contribution in [3.63, 3.8) is 0 Å². The number of methoxy groups -OCH3 is 1. The number of carboxylic acid groups (broad SMARTS) is 1. The molecule has 0 aliphatic heterocycles. The van der Waals surface area contributed by atoms with E-state index in [1.165, 1.54) is 13.3 Å². The SMILES string of the molecule is COC(NC(=O)Cc1cnsn1)C(=O)O. The van der Waals surface area contributed by atoms with Gasteiger partial charge in [-0.3, -0.25) is 4.79 Å². The molecule has 1 amide bonds. The highest BCUT2D eigenvalue weighted by molar-refractivity contribution is 6.99. The quantitative estimate of drug-likeness (QED) is 0.647. The molecular formula is C7H9N3O4S. The minimum Gasteiger partial charge on any atom is -0.478 e. The highest BCUT2D eigenvalue weighted by atomic mass is 32.1. The van der Waals surface area contributed by atoms with Gasteiger partial charge in [0.25, 0.3) is 0 Å². The summed E-state index contributed by atoms with van der Waals surface area (Å²) in [7, 11) is 1.20. The molecule has 1 unspecified atom stereocenters. The summed E-state index contributed by atoms with van der Waals surface area (Å²) in [6.45, 7) is 0. The predicted octanol–water partition coefficient (Wildman–Crippen LogP) is -0.746. The maximum absolute atomic E-state index is 11.3. The Kier molecular flexibility index (Phi) is 4.13. The zero-order valence-corrected chi connectivity index (χ0v) is 8.65. The standard InChI is InChI=1S/C7H9N3O4S/c1-14-6(7(12)13)9-5(11)2-4-3-8-15-10-4/h3,6H,2H2,1H3,(H,9,11)(H,12,13). The van der Waals surface area contributed by atoms with Crippen LogP contribution >= 0.6 is 11.7 Å². The summed E-state index contributed by atoms with van der Waals surface area (Å²) in [4.78, 5) is 21.8. The molecule has 15 heavy (non-hydrogen) atoms. The molecule has 0 aromatic carbocycles. The summed E-state index contributed by atoms with van der Waals surface area (Å²) in [5, 5.41) is 10.8. The van der Waals surface area contributed by atoms with Gasteiger partial charge in [0.1, 0.15) is 0 Å². The fourth-order valence-corrected chi connectivity index (χ4v) is 1.28. The molecule has 0 saturated carbocycles. The van der Waals surface area contributed by atoms with E-state index in [1.54, 1.807) is 0 Å². The minimum atomic E-state index is -1.33. The molecule has 1 rings (SSSR count). The smallest absolute Gasteiger partial charge is 0.354 e. The van der Waals surface area contributed by atoms with Crippen LogP contribution in [0.1, 0.15) is 5.69 Å². The first-order chi connectivity index (χ1) is 7.13. The molecule has 2 N–H and O–H groups in total. The number of hydrogen-bond acceptors (Lipinski definition) is 6. The lowest BCUT2D eigenvalue weighted by atomic mass is 10.3. The maximum Gasteiger partial charge on any atom is 0.354 e. The second kappa shape index (κ2) is 5.37. The van der Waals surface area contributed by atoms with Gasteiger partial charge in [0.05, 0.1) is 30.0 Å². The normalized spacial score (nSPS) is 12.1. The van der Waals surface area contributed by atoms with Gasteiger partial charge in [-0.2, -0.15) is 8.75 Å². The van der Waals surface area contributed by atoms with Crippen molar-refractivity contribution in [2.24, 2.45) is 0 Å². The Morgan fingerprint density at radius 1 is 1.73 bits per heavy atom. The van der Waals surface area contributed by atoms with Crippen molar-refractivity contribution >= 4 is 23.6 Å². The molecule has 0 fully saturated rings. The first-order valence-corrected chi connectivity index (χ1v) is 4.68. The lowest BCUT2D eigenvalue weighted by Crippen LogP contribution is -2.42. The Morgan fingerprint density at radius 3 is 2.93 bits per heavy atom. The van der Waals surface area contributed by atoms with Crippen LogP contribution in [0.2, 0.25) is 0 Å². The van der Waals surface area contributed by atoms with Crippen LogP contribution in [0.3, 0.4) is 0 Å². The van der Waals surface area contributed by atoms with Crippen molar-refractivity contribution in [1.82, 2.24) is 14.1 Å². The van der Waals surface area contributed by atoms with E-state index in [9.17, 15) is 9.59 Å². The van der Waals surface area contributed by atoms with E-state index in [2.05, 4.69) is 18.8 Å². The van der Waals surface area contributed by atoms with Crippen molar-refractivity contribution in [1.29, 1.82) is 0 Å². The number of amides is 1. The fourth-order valence-electron chi connectivity index (χ4n) is 0.845.